The van der Waals surface area contributed by atoms with Gasteiger partial charge in [-0.25, -0.2) is 9.48 Å². The number of nitrogens with zero attached hydrogens (tertiary/aromatic N) is 5. The minimum absolute atomic E-state index is 0.0129. The molecule has 0 radical (unpaired) electrons. The number of amides is 1. The predicted molar refractivity (Wildman–Crippen MR) is 131 cm³/mol. The van der Waals surface area contributed by atoms with Crippen molar-refractivity contribution in [3.8, 4) is 0 Å². The summed E-state index contributed by atoms with van der Waals surface area (Å²) < 4.78 is 2.42. The van der Waals surface area contributed by atoms with E-state index >= 15 is 0 Å². The van der Waals surface area contributed by atoms with Gasteiger partial charge in [0.05, 0.1) is 11.9 Å². The highest BCUT2D eigenvalue weighted by Crippen LogP contribution is 2.20. The second-order valence-corrected chi connectivity index (χ2v) is 8.61. The third-order valence-electron chi connectivity index (χ3n) is 5.62. The lowest BCUT2D eigenvalue weighted by molar-refractivity contribution is -0.118. The summed E-state index contributed by atoms with van der Waals surface area (Å²) in [5, 5.41) is 8.37. The maximum atomic E-state index is 13.3. The third kappa shape index (κ3) is 5.41. The molecule has 3 N–H and O–H groups in total. The van der Waals surface area contributed by atoms with Crippen molar-refractivity contribution >= 4 is 28.3 Å². The molecule has 3 rings (SSSR count). The summed E-state index contributed by atoms with van der Waals surface area (Å²) in [6.45, 7) is 6.55. The molecule has 11 nitrogen and oxygen atoms in total. The van der Waals surface area contributed by atoms with E-state index in [0.29, 0.717) is 30.3 Å². The number of carbonyl (C=O) groups excluding carboxylic acids is 1. The Bertz CT molecular complexity index is 1340. The Kier molecular flexibility index (Phi) is 7.98. The van der Waals surface area contributed by atoms with E-state index in [0.717, 1.165) is 11.1 Å². The number of benzene rings is 1. The van der Waals surface area contributed by atoms with Crippen molar-refractivity contribution < 1.29 is 4.79 Å². The number of hydrogen-bond donors (Lipinski definition) is 2. The highest BCUT2D eigenvalue weighted by molar-refractivity contribution is 5.95. The van der Waals surface area contributed by atoms with Gasteiger partial charge < -0.3 is 10.6 Å². The highest BCUT2D eigenvalue weighted by Gasteiger charge is 2.24. The van der Waals surface area contributed by atoms with Gasteiger partial charge in [-0.1, -0.05) is 44.5 Å². The molecule has 3 aromatic rings. The van der Waals surface area contributed by atoms with Crippen molar-refractivity contribution in [2.45, 2.75) is 59.5 Å². The van der Waals surface area contributed by atoms with Crippen molar-refractivity contribution in [2.24, 2.45) is 5.92 Å². The number of hydrogen-bond acceptors (Lipinski definition) is 7. The Morgan fingerprint density at radius 1 is 1.18 bits per heavy atom. The van der Waals surface area contributed by atoms with Gasteiger partial charge in [0.15, 0.2) is 5.69 Å². The average Bonchev–Trinajstić information content (AvgIpc) is 2.80. The fraction of sp³-hybridized carbons (Fsp3) is 0.478. The van der Waals surface area contributed by atoms with Crippen LogP contribution in [-0.4, -0.2) is 37.0 Å². The van der Waals surface area contributed by atoms with Gasteiger partial charge in [0.25, 0.3) is 11.1 Å². The maximum Gasteiger partial charge on any atom is 0.330 e. The van der Waals surface area contributed by atoms with E-state index in [-0.39, 0.29) is 42.5 Å². The van der Waals surface area contributed by atoms with Crippen LogP contribution < -0.4 is 27.4 Å². The molecule has 0 aliphatic carbocycles. The topological polar surface area (TPSA) is 149 Å². The third-order valence-corrected chi connectivity index (χ3v) is 5.62. The first kappa shape index (κ1) is 24.9. The molecule has 34 heavy (non-hydrogen) atoms. The summed E-state index contributed by atoms with van der Waals surface area (Å²) >= 11 is 0. The Hall–Kier alpha value is -3.76. The Labute approximate surface area is 196 Å². The number of nitrogens with two attached hydrogens (primary N) is 1. The van der Waals surface area contributed by atoms with Gasteiger partial charge in [0.2, 0.25) is 5.91 Å². The van der Waals surface area contributed by atoms with Crippen molar-refractivity contribution in [1.82, 2.24) is 24.5 Å². The quantitative estimate of drug-likeness (QED) is 0.457. The molecule has 2 aromatic heterocycles. The summed E-state index contributed by atoms with van der Waals surface area (Å²) in [5.41, 5.74) is 5.00. The van der Waals surface area contributed by atoms with Crippen LogP contribution >= 0.6 is 0 Å². The van der Waals surface area contributed by atoms with Crippen molar-refractivity contribution in [3.63, 3.8) is 0 Å². The van der Waals surface area contributed by atoms with Gasteiger partial charge in [0, 0.05) is 19.5 Å². The molecule has 0 unspecified atom stereocenters. The molecule has 1 aromatic carbocycles. The fourth-order valence-corrected chi connectivity index (χ4v) is 3.63. The van der Waals surface area contributed by atoms with Crippen LogP contribution in [0.4, 0.5) is 11.5 Å². The molecule has 0 bridgehead atoms. The van der Waals surface area contributed by atoms with Crippen molar-refractivity contribution in [3.05, 3.63) is 55.5 Å². The SMILES string of the molecule is CCCCn1c(N)c(N(CCC(C)C)C(=O)CCn2nnc3ccccc3c2=O)c(=O)[nH]c1=O. The van der Waals surface area contributed by atoms with Crippen LogP contribution in [0, 0.1) is 5.92 Å². The van der Waals surface area contributed by atoms with Crippen LogP contribution in [0.3, 0.4) is 0 Å². The lowest BCUT2D eigenvalue weighted by atomic mass is 10.1. The first-order chi connectivity index (χ1) is 16.2. The van der Waals surface area contributed by atoms with Gasteiger partial charge in [-0.3, -0.25) is 23.9 Å². The van der Waals surface area contributed by atoms with Crippen LogP contribution in [0.15, 0.2) is 38.6 Å². The smallest absolute Gasteiger partial charge is 0.330 e. The number of rotatable bonds is 10. The van der Waals surface area contributed by atoms with Crippen LogP contribution in [0.5, 0.6) is 0 Å². The summed E-state index contributed by atoms with van der Waals surface area (Å²) in [5.74, 6) is -0.182. The van der Waals surface area contributed by atoms with E-state index < -0.39 is 17.2 Å². The molecule has 0 atom stereocenters. The molecule has 0 saturated carbocycles. The van der Waals surface area contributed by atoms with Crippen LogP contribution in [0.1, 0.15) is 46.5 Å². The molecule has 182 valence electrons. The number of fused-ring (bicyclic) bond motifs is 1. The molecule has 0 spiro atoms. The van der Waals surface area contributed by atoms with E-state index in [1.807, 2.05) is 20.8 Å². The fourth-order valence-electron chi connectivity index (χ4n) is 3.63. The number of nitrogens with one attached hydrogen (secondary N) is 1. The molecule has 0 saturated heterocycles. The summed E-state index contributed by atoms with van der Waals surface area (Å²) in [4.78, 5) is 54.6. The largest absolute Gasteiger partial charge is 0.383 e. The van der Waals surface area contributed by atoms with Crippen LogP contribution in [0.25, 0.3) is 10.9 Å². The Morgan fingerprint density at radius 3 is 2.62 bits per heavy atom. The molecular formula is C23H31N7O4. The molecular weight excluding hydrogens is 438 g/mol. The first-order valence-electron chi connectivity index (χ1n) is 11.5. The number of aromatic nitrogens is 5. The maximum absolute atomic E-state index is 13.3. The van der Waals surface area contributed by atoms with Gasteiger partial charge in [-0.2, -0.15) is 0 Å². The number of anilines is 2. The van der Waals surface area contributed by atoms with Gasteiger partial charge in [0.1, 0.15) is 11.3 Å². The average molecular weight is 470 g/mol. The first-order valence-corrected chi connectivity index (χ1v) is 11.5. The second-order valence-electron chi connectivity index (χ2n) is 8.61. The Morgan fingerprint density at radius 2 is 1.91 bits per heavy atom. The molecule has 2 heterocycles. The number of aromatic amines is 1. The molecule has 0 aliphatic rings. The number of nitrogen functional groups attached to an aromatic ring is 1. The van der Waals surface area contributed by atoms with Gasteiger partial charge in [-0.15, -0.1) is 5.10 Å². The number of aryl methyl sites for hydroxylation is 1. The second kappa shape index (κ2) is 10.9. The van der Waals surface area contributed by atoms with Crippen LogP contribution in [0.2, 0.25) is 0 Å². The standard InChI is InChI=1S/C23H31N7O4/c1-4-5-12-29-20(24)19(21(32)25-23(29)34)28(13-10-15(2)3)18(31)11-14-30-22(33)16-8-6-7-9-17(16)26-27-30/h6-9,15H,4-5,10-14,24H2,1-3H3,(H,25,32,34). The lowest BCUT2D eigenvalue weighted by Gasteiger charge is -2.25. The van der Waals surface area contributed by atoms with Gasteiger partial charge >= 0.3 is 5.69 Å². The molecule has 1 amide bonds. The van der Waals surface area contributed by atoms with Gasteiger partial charge in [-0.05, 0) is 30.9 Å². The van der Waals surface area contributed by atoms with E-state index in [1.54, 1.807) is 24.3 Å². The minimum atomic E-state index is -0.713. The lowest BCUT2D eigenvalue weighted by Crippen LogP contribution is -2.42. The number of unbranched alkanes of at least 4 members (excludes halogenated alkanes) is 1. The monoisotopic (exact) mass is 469 g/mol. The summed E-state index contributed by atoms with van der Waals surface area (Å²) in [7, 11) is 0. The molecule has 0 fully saturated rings. The normalized spacial score (nSPS) is 11.3. The molecule has 11 heteroatoms. The zero-order chi connectivity index (χ0) is 24.8. The predicted octanol–water partition coefficient (Wildman–Crippen LogP) is 1.49. The summed E-state index contributed by atoms with van der Waals surface area (Å²) in [6, 6.07) is 6.84. The van der Waals surface area contributed by atoms with E-state index in [1.165, 1.54) is 9.47 Å². The highest BCUT2D eigenvalue weighted by atomic mass is 16.2. The Balaban J connectivity index is 1.93. The van der Waals surface area contributed by atoms with E-state index in [9.17, 15) is 19.2 Å². The minimum Gasteiger partial charge on any atom is -0.383 e. The molecule has 0 aliphatic heterocycles. The summed E-state index contributed by atoms with van der Waals surface area (Å²) in [6.07, 6.45) is 2.05. The van der Waals surface area contributed by atoms with E-state index in [2.05, 4.69) is 15.3 Å². The van der Waals surface area contributed by atoms with Crippen molar-refractivity contribution in [1.29, 1.82) is 0 Å². The number of H-pyrrole nitrogens is 1. The zero-order valence-corrected chi connectivity index (χ0v) is 19.8. The van der Waals surface area contributed by atoms with E-state index in [4.69, 9.17) is 5.73 Å². The zero-order valence-electron chi connectivity index (χ0n) is 19.8. The van der Waals surface area contributed by atoms with Crippen LogP contribution in [-0.2, 0) is 17.9 Å². The van der Waals surface area contributed by atoms with Crippen molar-refractivity contribution in [2.75, 3.05) is 17.2 Å². The number of carbonyl (C=O) groups is 1.